The third-order valence-electron chi connectivity index (χ3n) is 3.50. The number of hydrogen-bond acceptors (Lipinski definition) is 2. The van der Waals surface area contributed by atoms with Gasteiger partial charge in [0.15, 0.2) is 5.78 Å². The number of nitrogens with one attached hydrogen (secondary N) is 1. The van der Waals surface area contributed by atoms with E-state index < -0.39 is 0 Å². The Labute approximate surface area is 120 Å². The second-order valence-corrected chi connectivity index (χ2v) is 6.55. The van der Waals surface area contributed by atoms with Crippen LogP contribution in [0.4, 0.5) is 0 Å². The van der Waals surface area contributed by atoms with Crippen molar-refractivity contribution in [2.75, 3.05) is 6.54 Å². The van der Waals surface area contributed by atoms with E-state index in [1.807, 2.05) is 0 Å². The van der Waals surface area contributed by atoms with Gasteiger partial charge in [0.05, 0.1) is 11.1 Å². The van der Waals surface area contributed by atoms with Crippen LogP contribution in [0.25, 0.3) is 0 Å². The topological polar surface area (TPSA) is 46.2 Å². The van der Waals surface area contributed by atoms with Crippen LogP contribution in [-0.4, -0.2) is 18.2 Å². The Morgan fingerprint density at radius 1 is 1.30 bits per heavy atom. The number of rotatable bonds is 3. The number of allylic oxidation sites excluding steroid dienone is 2. The van der Waals surface area contributed by atoms with E-state index in [4.69, 9.17) is 0 Å². The summed E-state index contributed by atoms with van der Waals surface area (Å²) in [7, 11) is 0. The summed E-state index contributed by atoms with van der Waals surface area (Å²) in [6.07, 6.45) is 4.99. The maximum Gasteiger partial charge on any atom is 0.259 e. The molecule has 0 aliphatic heterocycles. The zero-order valence-corrected chi connectivity index (χ0v) is 12.4. The Balaban J connectivity index is 2.06. The average Bonchev–Trinajstić information content (AvgIpc) is 2.37. The van der Waals surface area contributed by atoms with Crippen LogP contribution in [0.3, 0.4) is 0 Å². The molecule has 2 aliphatic carbocycles. The monoisotopic (exact) mass is 271 g/mol. The molecule has 0 spiro atoms. The fourth-order valence-corrected chi connectivity index (χ4v) is 2.27. The predicted molar refractivity (Wildman–Crippen MR) is 78.1 cm³/mol. The van der Waals surface area contributed by atoms with Gasteiger partial charge < -0.3 is 5.32 Å². The molecule has 0 heterocycles. The van der Waals surface area contributed by atoms with Gasteiger partial charge in [0.1, 0.15) is 0 Å². The largest absolute Gasteiger partial charge is 0.351 e. The molecule has 1 amide bonds. The van der Waals surface area contributed by atoms with Gasteiger partial charge in [0.2, 0.25) is 0 Å². The summed E-state index contributed by atoms with van der Waals surface area (Å²) in [6, 6.07) is 0. The quantitative estimate of drug-likeness (QED) is 0.802. The van der Waals surface area contributed by atoms with Crippen LogP contribution in [0.2, 0.25) is 0 Å². The number of carbonyl (C=O) groups excluding carboxylic acids is 2. The van der Waals surface area contributed by atoms with Gasteiger partial charge in [-0.1, -0.05) is 32.2 Å². The molecular formula is C17H21NO2. The smallest absolute Gasteiger partial charge is 0.259 e. The van der Waals surface area contributed by atoms with Crippen LogP contribution >= 0.6 is 0 Å². The summed E-state index contributed by atoms with van der Waals surface area (Å²) in [5, 5.41) is 2.90. The fourth-order valence-electron chi connectivity index (χ4n) is 2.27. The van der Waals surface area contributed by atoms with Crippen LogP contribution < -0.4 is 5.32 Å². The van der Waals surface area contributed by atoms with E-state index in [0.29, 0.717) is 24.1 Å². The van der Waals surface area contributed by atoms with Crippen LogP contribution in [0.1, 0.15) is 46.5 Å². The van der Waals surface area contributed by atoms with Gasteiger partial charge in [-0.15, -0.1) is 0 Å². The number of carbonyl (C=O) groups is 2. The molecule has 2 aliphatic rings. The van der Waals surface area contributed by atoms with Crippen molar-refractivity contribution in [2.45, 2.75) is 46.5 Å². The lowest BCUT2D eigenvalue weighted by atomic mass is 9.86. The minimum Gasteiger partial charge on any atom is -0.351 e. The number of Topliss-reactive ketones (excluding diaryl/α,β-unsaturated/α-hetero) is 1. The Bertz CT molecular complexity index is 575. The van der Waals surface area contributed by atoms with Crippen molar-refractivity contribution in [3.05, 3.63) is 34.3 Å². The van der Waals surface area contributed by atoms with Crippen molar-refractivity contribution >= 4 is 11.7 Å². The summed E-state index contributed by atoms with van der Waals surface area (Å²) in [5.74, 6) is -0.0199. The first-order valence-corrected chi connectivity index (χ1v) is 7.15. The number of fused-ring (bicyclic) bond motifs is 1. The van der Waals surface area contributed by atoms with Crippen molar-refractivity contribution < 1.29 is 9.59 Å². The molecule has 0 aromatic rings. The minimum atomic E-state index is -0.133. The van der Waals surface area contributed by atoms with Crippen molar-refractivity contribution in [1.29, 1.82) is 0 Å². The zero-order chi connectivity index (χ0) is 14.8. The number of amides is 1. The Morgan fingerprint density at radius 3 is 2.75 bits per heavy atom. The van der Waals surface area contributed by atoms with E-state index in [1.54, 1.807) is 6.08 Å². The van der Waals surface area contributed by atoms with E-state index in [-0.39, 0.29) is 17.1 Å². The van der Waals surface area contributed by atoms with Crippen LogP contribution in [0.5, 0.6) is 0 Å². The molecule has 1 N–H and O–H groups in total. The molecule has 106 valence electrons. The normalized spacial score (nSPS) is 17.9. The highest BCUT2D eigenvalue weighted by molar-refractivity contribution is 6.03. The predicted octanol–water partition coefficient (Wildman–Crippen LogP) is 2.84. The highest BCUT2D eigenvalue weighted by Crippen LogP contribution is 2.28. The van der Waals surface area contributed by atoms with E-state index >= 15 is 0 Å². The van der Waals surface area contributed by atoms with Crippen molar-refractivity contribution in [2.24, 2.45) is 5.41 Å². The van der Waals surface area contributed by atoms with E-state index in [9.17, 15) is 9.59 Å². The third-order valence-corrected chi connectivity index (χ3v) is 3.50. The first-order valence-electron chi connectivity index (χ1n) is 7.15. The lowest BCUT2D eigenvalue weighted by Gasteiger charge is -2.19. The SMILES string of the molecule is CC(C)(C)CCNC(=O)C1=C=C=C2C(=O)CCCC2=C1. The highest BCUT2D eigenvalue weighted by atomic mass is 16.1. The van der Waals surface area contributed by atoms with Gasteiger partial charge in [-0.25, -0.2) is 0 Å². The van der Waals surface area contributed by atoms with Crippen LogP contribution in [0, 0.1) is 5.41 Å². The first kappa shape index (κ1) is 14.6. The summed E-state index contributed by atoms with van der Waals surface area (Å²) in [4.78, 5) is 23.7. The molecule has 0 radical (unpaired) electrons. The van der Waals surface area contributed by atoms with Gasteiger partial charge in [-0.2, -0.15) is 0 Å². The summed E-state index contributed by atoms with van der Waals surface area (Å²) >= 11 is 0. The second kappa shape index (κ2) is 5.66. The minimum absolute atomic E-state index is 0.113. The summed E-state index contributed by atoms with van der Waals surface area (Å²) in [6.45, 7) is 7.07. The summed E-state index contributed by atoms with van der Waals surface area (Å²) < 4.78 is 0. The molecule has 3 heteroatoms. The molecule has 0 atom stereocenters. The summed E-state index contributed by atoms with van der Waals surface area (Å²) in [5.41, 5.74) is 7.90. The molecule has 3 nitrogen and oxygen atoms in total. The second-order valence-electron chi connectivity index (χ2n) is 6.55. The van der Waals surface area contributed by atoms with Gasteiger partial charge >= 0.3 is 0 Å². The first-order chi connectivity index (χ1) is 9.37. The fraction of sp³-hybridized carbons (Fsp3) is 0.529. The Morgan fingerprint density at radius 2 is 2.05 bits per heavy atom. The van der Waals surface area contributed by atoms with Crippen LogP contribution in [0.15, 0.2) is 34.3 Å². The van der Waals surface area contributed by atoms with Crippen molar-refractivity contribution in [3.8, 4) is 0 Å². The van der Waals surface area contributed by atoms with Gasteiger partial charge in [-0.3, -0.25) is 9.59 Å². The third kappa shape index (κ3) is 3.60. The molecule has 0 unspecified atom stereocenters. The lowest BCUT2D eigenvalue weighted by molar-refractivity contribution is -0.117. The molecule has 0 aromatic heterocycles. The maximum absolute atomic E-state index is 12.1. The average molecular weight is 271 g/mol. The number of hydrogen-bond donors (Lipinski definition) is 1. The maximum atomic E-state index is 12.1. The van der Waals surface area contributed by atoms with E-state index in [0.717, 1.165) is 24.8 Å². The van der Waals surface area contributed by atoms with Crippen molar-refractivity contribution in [1.82, 2.24) is 5.32 Å². The Hall–Kier alpha value is -1.82. The molecule has 0 aromatic carbocycles. The zero-order valence-electron chi connectivity index (χ0n) is 12.4. The standard InChI is InChI=1S/C17H21NO2/c1-17(2,3)9-10-18-16(20)13-7-8-14-12(11-13)5-4-6-15(14)19/h11H,4-6,9-10H2,1-3H3,(H,18,20). The molecule has 0 bridgehead atoms. The van der Waals surface area contributed by atoms with E-state index in [1.165, 1.54) is 0 Å². The van der Waals surface area contributed by atoms with Crippen LogP contribution in [-0.2, 0) is 9.59 Å². The molecule has 0 saturated heterocycles. The Kier molecular flexibility index (Phi) is 4.13. The molecule has 1 fully saturated rings. The molecular weight excluding hydrogens is 250 g/mol. The van der Waals surface area contributed by atoms with Gasteiger partial charge in [0, 0.05) is 13.0 Å². The van der Waals surface area contributed by atoms with Gasteiger partial charge in [-0.05, 0) is 36.3 Å². The number of ketones is 1. The van der Waals surface area contributed by atoms with Gasteiger partial charge in [0.25, 0.3) is 5.91 Å². The highest BCUT2D eigenvalue weighted by Gasteiger charge is 2.22. The van der Waals surface area contributed by atoms with Crippen molar-refractivity contribution in [3.63, 3.8) is 0 Å². The molecule has 20 heavy (non-hydrogen) atoms. The van der Waals surface area contributed by atoms with E-state index in [2.05, 4.69) is 37.6 Å². The molecule has 2 rings (SSSR count). The molecule has 1 saturated carbocycles. The lowest BCUT2D eigenvalue weighted by Crippen LogP contribution is -2.28.